The second kappa shape index (κ2) is 8.76. The molecule has 4 amide bonds. The minimum absolute atomic E-state index is 0.00192. The van der Waals surface area contributed by atoms with Gasteiger partial charge in [0.15, 0.2) is 0 Å². The normalized spacial score (nSPS) is 20.9. The van der Waals surface area contributed by atoms with Crippen LogP contribution in [0.4, 0.5) is 25.4 Å². The van der Waals surface area contributed by atoms with E-state index >= 15 is 0 Å². The first-order valence-corrected chi connectivity index (χ1v) is 9.88. The Morgan fingerprint density at radius 3 is 2.63 bits per heavy atom. The van der Waals surface area contributed by atoms with Gasteiger partial charge in [-0.3, -0.25) is 9.69 Å². The van der Waals surface area contributed by atoms with Crippen LogP contribution < -0.4 is 15.1 Å². The second-order valence-corrected chi connectivity index (χ2v) is 7.87. The highest BCUT2D eigenvalue weighted by Crippen LogP contribution is 2.30. The Labute approximate surface area is 175 Å². The molecule has 10 heteroatoms. The fraction of sp³-hybridized carbons (Fsp3) is 0.550. The van der Waals surface area contributed by atoms with Crippen molar-refractivity contribution in [1.29, 1.82) is 0 Å². The number of nitrogens with zero attached hydrogens (tertiary/aromatic N) is 4. The molecule has 2 aliphatic heterocycles. The van der Waals surface area contributed by atoms with E-state index in [-0.39, 0.29) is 31.1 Å². The molecule has 2 atom stereocenters. The molecule has 164 valence electrons. The third-order valence-corrected chi connectivity index (χ3v) is 5.43. The average molecular weight is 421 g/mol. The van der Waals surface area contributed by atoms with Gasteiger partial charge in [-0.2, -0.15) is 0 Å². The Morgan fingerprint density at radius 2 is 2.00 bits per heavy atom. The van der Waals surface area contributed by atoms with Crippen molar-refractivity contribution in [2.75, 3.05) is 57.1 Å². The van der Waals surface area contributed by atoms with E-state index in [1.807, 2.05) is 4.90 Å². The van der Waals surface area contributed by atoms with Crippen molar-refractivity contribution in [3.8, 4) is 0 Å². The predicted octanol–water partition coefficient (Wildman–Crippen LogP) is 1.48. The fourth-order valence-corrected chi connectivity index (χ4v) is 3.76. The number of likely N-dealkylation sites (N-methyl/N-ethyl adjacent to an activating group) is 1. The average Bonchev–Trinajstić information content (AvgIpc) is 3.32. The first-order valence-electron chi connectivity index (χ1n) is 9.88. The summed E-state index contributed by atoms with van der Waals surface area (Å²) >= 11 is 0. The van der Waals surface area contributed by atoms with Gasteiger partial charge in [0.05, 0.1) is 30.5 Å². The zero-order chi connectivity index (χ0) is 22.0. The molecule has 9 nitrogen and oxygen atoms in total. The summed E-state index contributed by atoms with van der Waals surface area (Å²) in [5.74, 6) is -0.644. The van der Waals surface area contributed by atoms with Crippen LogP contribution >= 0.6 is 0 Å². The number of halogens is 1. The molecule has 2 aliphatic rings. The topological polar surface area (TPSA) is 85.4 Å². The van der Waals surface area contributed by atoms with Crippen molar-refractivity contribution in [2.24, 2.45) is 0 Å². The summed E-state index contributed by atoms with van der Waals surface area (Å²) in [4.78, 5) is 41.8. The van der Waals surface area contributed by atoms with Crippen molar-refractivity contribution in [2.45, 2.75) is 25.5 Å². The van der Waals surface area contributed by atoms with Crippen molar-refractivity contribution in [3.63, 3.8) is 0 Å². The molecular weight excluding hydrogens is 393 g/mol. The van der Waals surface area contributed by atoms with Gasteiger partial charge in [-0.15, -0.1) is 0 Å². The van der Waals surface area contributed by atoms with E-state index in [1.54, 1.807) is 38.2 Å². The number of anilines is 2. The molecular formula is C20H28FN5O4. The lowest BCUT2D eigenvalue weighted by Gasteiger charge is -2.28. The molecule has 1 unspecified atom stereocenters. The van der Waals surface area contributed by atoms with Gasteiger partial charge >= 0.3 is 12.1 Å². The molecule has 0 aromatic heterocycles. The Kier molecular flexibility index (Phi) is 6.33. The molecule has 0 spiro atoms. The molecule has 2 heterocycles. The molecule has 2 saturated heterocycles. The summed E-state index contributed by atoms with van der Waals surface area (Å²) in [7, 11) is 5.16. The van der Waals surface area contributed by atoms with E-state index in [0.29, 0.717) is 24.5 Å². The van der Waals surface area contributed by atoms with E-state index in [2.05, 4.69) is 5.32 Å². The van der Waals surface area contributed by atoms with Gasteiger partial charge in [-0.25, -0.2) is 14.0 Å². The summed E-state index contributed by atoms with van der Waals surface area (Å²) in [6, 6.07) is 4.57. The number of hydrogen-bond donors (Lipinski definition) is 1. The van der Waals surface area contributed by atoms with Crippen LogP contribution in [0.5, 0.6) is 0 Å². The predicted molar refractivity (Wildman–Crippen MR) is 110 cm³/mol. The van der Waals surface area contributed by atoms with Gasteiger partial charge < -0.3 is 24.8 Å². The molecule has 0 bridgehead atoms. The fourth-order valence-electron chi connectivity index (χ4n) is 3.76. The molecule has 1 aromatic carbocycles. The van der Waals surface area contributed by atoms with Crippen molar-refractivity contribution in [3.05, 3.63) is 24.0 Å². The number of rotatable bonds is 5. The minimum Gasteiger partial charge on any atom is -0.442 e. The summed E-state index contributed by atoms with van der Waals surface area (Å²) in [5.41, 5.74) is 0.844. The summed E-state index contributed by atoms with van der Waals surface area (Å²) in [6.45, 7) is 3.01. The van der Waals surface area contributed by atoms with Crippen molar-refractivity contribution >= 4 is 29.4 Å². The molecule has 0 radical (unpaired) electrons. The zero-order valence-corrected chi connectivity index (χ0v) is 17.7. The second-order valence-electron chi connectivity index (χ2n) is 7.87. The van der Waals surface area contributed by atoms with E-state index in [0.717, 1.165) is 6.42 Å². The number of hydrogen-bond acceptors (Lipinski definition) is 5. The smallest absolute Gasteiger partial charge is 0.414 e. The maximum Gasteiger partial charge on any atom is 0.414 e. The van der Waals surface area contributed by atoms with Gasteiger partial charge in [0.2, 0.25) is 5.91 Å². The number of cyclic esters (lactones) is 1. The summed E-state index contributed by atoms with van der Waals surface area (Å²) in [5, 5.41) is 2.61. The maximum atomic E-state index is 14.9. The molecule has 0 aliphatic carbocycles. The van der Waals surface area contributed by atoms with Gasteiger partial charge in [-0.05, 0) is 24.6 Å². The van der Waals surface area contributed by atoms with Crippen molar-refractivity contribution < 1.29 is 23.5 Å². The zero-order valence-electron chi connectivity index (χ0n) is 17.7. The van der Waals surface area contributed by atoms with Crippen LogP contribution in [0.2, 0.25) is 0 Å². The third kappa shape index (κ3) is 4.58. The number of ether oxygens (including phenoxy) is 1. The number of benzene rings is 1. The Hall–Kier alpha value is -3.04. The van der Waals surface area contributed by atoms with Crippen LogP contribution in [0.15, 0.2) is 18.2 Å². The van der Waals surface area contributed by atoms with Crippen LogP contribution in [-0.4, -0.2) is 87.3 Å². The van der Waals surface area contributed by atoms with Crippen LogP contribution in [0.1, 0.15) is 13.3 Å². The lowest BCUT2D eigenvalue weighted by molar-refractivity contribution is -0.119. The largest absolute Gasteiger partial charge is 0.442 e. The quantitative estimate of drug-likeness (QED) is 0.779. The highest BCUT2D eigenvalue weighted by molar-refractivity contribution is 5.90. The van der Waals surface area contributed by atoms with E-state index < -0.39 is 18.0 Å². The first-order chi connectivity index (χ1) is 14.2. The van der Waals surface area contributed by atoms with Crippen LogP contribution in [0.25, 0.3) is 0 Å². The lowest BCUT2D eigenvalue weighted by Crippen LogP contribution is -2.44. The monoisotopic (exact) mass is 421 g/mol. The molecule has 3 rings (SSSR count). The van der Waals surface area contributed by atoms with E-state index in [9.17, 15) is 18.8 Å². The number of nitrogens with one attached hydrogen (secondary N) is 1. The maximum absolute atomic E-state index is 14.9. The van der Waals surface area contributed by atoms with E-state index in [4.69, 9.17) is 4.74 Å². The van der Waals surface area contributed by atoms with Gasteiger partial charge in [-0.1, -0.05) is 0 Å². The molecule has 30 heavy (non-hydrogen) atoms. The first kappa shape index (κ1) is 21.7. The Morgan fingerprint density at radius 1 is 1.27 bits per heavy atom. The highest BCUT2D eigenvalue weighted by Gasteiger charge is 2.34. The number of urea groups is 1. The van der Waals surface area contributed by atoms with Gasteiger partial charge in [0.25, 0.3) is 0 Å². The Bertz CT molecular complexity index is 833. The molecule has 1 aromatic rings. The molecule has 0 saturated carbocycles. The number of carbonyl (C=O) groups is 3. The van der Waals surface area contributed by atoms with Crippen LogP contribution in [0.3, 0.4) is 0 Å². The number of carbonyl (C=O) groups excluding carboxylic acids is 3. The van der Waals surface area contributed by atoms with Gasteiger partial charge in [0, 0.05) is 41.2 Å². The summed E-state index contributed by atoms with van der Waals surface area (Å²) < 4.78 is 20.1. The standard InChI is InChI=1S/C20H28FN5O4/c1-13(27)22-10-16-12-26(20(29)30-16)14-5-6-18(17(21)9-14)25-8-7-15(11-25)24(4)19(28)23(2)3/h5-6,9,15-16H,7-8,10-12H2,1-4H3,(H,22,27)/t15?,16-/m0/s1. The van der Waals surface area contributed by atoms with E-state index in [1.165, 1.54) is 22.8 Å². The summed E-state index contributed by atoms with van der Waals surface area (Å²) in [6.07, 6.45) is -0.295. The lowest BCUT2D eigenvalue weighted by atomic mass is 10.2. The third-order valence-electron chi connectivity index (χ3n) is 5.43. The van der Waals surface area contributed by atoms with Gasteiger partial charge in [0.1, 0.15) is 11.9 Å². The van der Waals surface area contributed by atoms with Crippen LogP contribution in [-0.2, 0) is 9.53 Å². The molecule has 1 N–H and O–H groups in total. The minimum atomic E-state index is -0.567. The SMILES string of the molecule is CC(=O)NC[C@H]1CN(c2ccc(N3CCC(N(C)C(=O)N(C)C)C3)c(F)c2)C(=O)O1. The molecule has 2 fully saturated rings. The Balaban J connectivity index is 1.65. The highest BCUT2D eigenvalue weighted by atomic mass is 19.1. The van der Waals surface area contributed by atoms with Crippen molar-refractivity contribution in [1.82, 2.24) is 15.1 Å². The van der Waals surface area contributed by atoms with Crippen LogP contribution in [0, 0.1) is 5.82 Å². The number of amides is 4.